The van der Waals surface area contributed by atoms with E-state index in [1.807, 2.05) is 91.0 Å². The van der Waals surface area contributed by atoms with Crippen molar-refractivity contribution in [3.8, 4) is 0 Å². The van der Waals surface area contributed by atoms with Crippen LogP contribution in [0.4, 0.5) is 0 Å². The van der Waals surface area contributed by atoms with Gasteiger partial charge in [0.1, 0.15) is 17.8 Å². The number of benzene rings is 3. The van der Waals surface area contributed by atoms with E-state index >= 15 is 0 Å². The molecular weight excluding hydrogens is 388 g/mol. The maximum absolute atomic E-state index is 11.6. The fourth-order valence-electron chi connectivity index (χ4n) is 3.67. The largest absolute Gasteiger partial charge is 0.388 e. The van der Waals surface area contributed by atoms with Gasteiger partial charge in [-0.05, 0) is 37.5 Å². The van der Waals surface area contributed by atoms with E-state index in [2.05, 4.69) is 0 Å². The predicted octanol–water partition coefficient (Wildman–Crippen LogP) is 4.84. The molecule has 4 heteroatoms. The van der Waals surface area contributed by atoms with Gasteiger partial charge < -0.3 is 19.7 Å². The summed E-state index contributed by atoms with van der Waals surface area (Å²) in [5, 5.41) is 22.7. The van der Waals surface area contributed by atoms with Crippen LogP contribution in [0.1, 0.15) is 37.5 Å². The molecule has 4 nitrogen and oxygen atoms in total. The summed E-state index contributed by atoms with van der Waals surface area (Å²) in [5.74, 6) is 0. The lowest BCUT2D eigenvalue weighted by molar-refractivity contribution is -0.218. The lowest BCUT2D eigenvalue weighted by Gasteiger charge is -2.42. The number of hydrogen-bond donors (Lipinski definition) is 2. The van der Waals surface area contributed by atoms with Crippen molar-refractivity contribution in [3.05, 3.63) is 108 Å². The summed E-state index contributed by atoms with van der Waals surface area (Å²) >= 11 is 0. The number of aliphatic hydroxyl groups is 2. The van der Waals surface area contributed by atoms with E-state index < -0.39 is 23.4 Å². The van der Waals surface area contributed by atoms with Crippen molar-refractivity contribution >= 4 is 0 Å². The standard InChI is InChI=1S/C27H32O4/c1-26(2,28)24(30-19-21-13-7-4-8-14-21)25(31-20-22-15-9-5-10-16-22)27(3,29)23-17-11-6-12-18-23/h4-18,24-25,28-29H,19-20H2,1-3H3/t24-,25-,27+/m1/s1. The Morgan fingerprint density at radius 2 is 1.00 bits per heavy atom. The number of ether oxygens (including phenoxy) is 2. The van der Waals surface area contributed by atoms with E-state index in [0.29, 0.717) is 12.2 Å². The minimum Gasteiger partial charge on any atom is -0.388 e. The molecule has 3 aromatic carbocycles. The van der Waals surface area contributed by atoms with E-state index in [1.165, 1.54) is 0 Å². The molecule has 3 aromatic rings. The van der Waals surface area contributed by atoms with E-state index in [0.717, 1.165) is 11.1 Å². The Bertz CT molecular complexity index is 902. The van der Waals surface area contributed by atoms with Gasteiger partial charge >= 0.3 is 0 Å². The van der Waals surface area contributed by atoms with E-state index in [9.17, 15) is 10.2 Å². The molecule has 3 rings (SSSR count). The first-order chi connectivity index (χ1) is 14.8. The Kier molecular flexibility index (Phi) is 7.63. The number of hydrogen-bond acceptors (Lipinski definition) is 4. The smallest absolute Gasteiger partial charge is 0.119 e. The molecule has 0 radical (unpaired) electrons. The van der Waals surface area contributed by atoms with Crippen molar-refractivity contribution in [1.29, 1.82) is 0 Å². The maximum Gasteiger partial charge on any atom is 0.119 e. The molecule has 0 aliphatic carbocycles. The lowest BCUT2D eigenvalue weighted by Crippen LogP contribution is -2.56. The van der Waals surface area contributed by atoms with E-state index in [-0.39, 0.29) is 6.61 Å². The zero-order valence-electron chi connectivity index (χ0n) is 18.4. The monoisotopic (exact) mass is 420 g/mol. The fourth-order valence-corrected chi connectivity index (χ4v) is 3.67. The summed E-state index contributed by atoms with van der Waals surface area (Å²) in [5.41, 5.74) is 0.0178. The third-order valence-corrected chi connectivity index (χ3v) is 5.43. The highest BCUT2D eigenvalue weighted by Gasteiger charge is 2.46. The molecule has 0 unspecified atom stereocenters. The first-order valence-electron chi connectivity index (χ1n) is 10.6. The van der Waals surface area contributed by atoms with Crippen molar-refractivity contribution < 1.29 is 19.7 Å². The second kappa shape index (κ2) is 10.2. The second-order valence-corrected chi connectivity index (χ2v) is 8.60. The van der Waals surface area contributed by atoms with Crippen molar-refractivity contribution in [1.82, 2.24) is 0 Å². The number of rotatable bonds is 10. The molecule has 0 aromatic heterocycles. The molecule has 3 atom stereocenters. The van der Waals surface area contributed by atoms with Crippen LogP contribution >= 0.6 is 0 Å². The van der Waals surface area contributed by atoms with Gasteiger partial charge in [-0.3, -0.25) is 0 Å². The molecule has 2 N–H and O–H groups in total. The van der Waals surface area contributed by atoms with Crippen molar-refractivity contribution in [2.24, 2.45) is 0 Å². The second-order valence-electron chi connectivity index (χ2n) is 8.60. The molecule has 0 heterocycles. The van der Waals surface area contributed by atoms with Gasteiger partial charge in [0, 0.05) is 0 Å². The van der Waals surface area contributed by atoms with Gasteiger partial charge in [0.15, 0.2) is 0 Å². The lowest BCUT2D eigenvalue weighted by atomic mass is 9.82. The minimum absolute atomic E-state index is 0.287. The van der Waals surface area contributed by atoms with E-state index in [4.69, 9.17) is 9.47 Å². The van der Waals surface area contributed by atoms with Crippen LogP contribution in [-0.4, -0.2) is 28.0 Å². The first-order valence-corrected chi connectivity index (χ1v) is 10.6. The van der Waals surface area contributed by atoms with Crippen molar-refractivity contribution in [2.45, 2.75) is 57.4 Å². The van der Waals surface area contributed by atoms with Crippen LogP contribution in [0.25, 0.3) is 0 Å². The van der Waals surface area contributed by atoms with Crippen molar-refractivity contribution in [2.75, 3.05) is 0 Å². The fraction of sp³-hybridized carbons (Fsp3) is 0.333. The summed E-state index contributed by atoms with van der Waals surface area (Å²) in [6.45, 7) is 5.66. The molecule has 0 spiro atoms. The first kappa shape index (κ1) is 23.2. The van der Waals surface area contributed by atoms with Crippen LogP contribution in [0.3, 0.4) is 0 Å². The predicted molar refractivity (Wildman–Crippen MR) is 122 cm³/mol. The molecule has 0 saturated heterocycles. The SMILES string of the molecule is CC(C)(O)[C@H](OCc1ccccc1)[C@@H](OCc1ccccc1)[C@@](C)(O)c1ccccc1. The zero-order valence-corrected chi connectivity index (χ0v) is 18.4. The summed E-state index contributed by atoms with van der Waals surface area (Å²) in [7, 11) is 0. The third-order valence-electron chi connectivity index (χ3n) is 5.43. The highest BCUT2D eigenvalue weighted by molar-refractivity contribution is 5.24. The van der Waals surface area contributed by atoms with Crippen LogP contribution in [0.5, 0.6) is 0 Å². The molecule has 0 bridgehead atoms. The highest BCUT2D eigenvalue weighted by Crippen LogP contribution is 2.34. The van der Waals surface area contributed by atoms with Gasteiger partial charge in [-0.15, -0.1) is 0 Å². The average molecular weight is 421 g/mol. The van der Waals surface area contributed by atoms with Crippen LogP contribution in [0.2, 0.25) is 0 Å². The Labute approximate surface area is 185 Å². The van der Waals surface area contributed by atoms with Gasteiger partial charge in [0.2, 0.25) is 0 Å². The molecule has 0 saturated carbocycles. The summed E-state index contributed by atoms with van der Waals surface area (Å²) in [6, 6.07) is 28.9. The van der Waals surface area contributed by atoms with Crippen LogP contribution in [-0.2, 0) is 28.3 Å². The molecule has 0 aliphatic rings. The normalized spacial score (nSPS) is 15.8. The topological polar surface area (TPSA) is 58.9 Å². The van der Waals surface area contributed by atoms with Crippen LogP contribution in [0, 0.1) is 0 Å². The molecule has 0 amide bonds. The average Bonchev–Trinajstić information content (AvgIpc) is 2.77. The van der Waals surface area contributed by atoms with Crippen LogP contribution in [0.15, 0.2) is 91.0 Å². The Morgan fingerprint density at radius 1 is 0.613 bits per heavy atom. The molecule has 164 valence electrons. The quantitative estimate of drug-likeness (QED) is 0.493. The van der Waals surface area contributed by atoms with Gasteiger partial charge in [-0.25, -0.2) is 0 Å². The zero-order chi connectivity index (χ0) is 22.3. The summed E-state index contributed by atoms with van der Waals surface area (Å²) in [4.78, 5) is 0. The Morgan fingerprint density at radius 3 is 1.42 bits per heavy atom. The van der Waals surface area contributed by atoms with Gasteiger partial charge in [-0.2, -0.15) is 0 Å². The molecule has 31 heavy (non-hydrogen) atoms. The maximum atomic E-state index is 11.6. The van der Waals surface area contributed by atoms with Crippen molar-refractivity contribution in [3.63, 3.8) is 0 Å². The Balaban J connectivity index is 1.92. The molecule has 0 fully saturated rings. The summed E-state index contributed by atoms with van der Waals surface area (Å²) in [6.07, 6.45) is -1.61. The third kappa shape index (κ3) is 6.25. The van der Waals surface area contributed by atoms with Gasteiger partial charge in [0.25, 0.3) is 0 Å². The van der Waals surface area contributed by atoms with E-state index in [1.54, 1.807) is 20.8 Å². The molecule has 0 aliphatic heterocycles. The summed E-state index contributed by atoms with van der Waals surface area (Å²) < 4.78 is 12.5. The van der Waals surface area contributed by atoms with Gasteiger partial charge in [0.05, 0.1) is 18.8 Å². The molecular formula is C27H32O4. The Hall–Kier alpha value is -2.50. The minimum atomic E-state index is -1.39. The highest BCUT2D eigenvalue weighted by atomic mass is 16.6. The van der Waals surface area contributed by atoms with Gasteiger partial charge in [-0.1, -0.05) is 91.0 Å². The van der Waals surface area contributed by atoms with Crippen LogP contribution < -0.4 is 0 Å².